The minimum absolute atomic E-state index is 0.0133. The summed E-state index contributed by atoms with van der Waals surface area (Å²) in [5.41, 5.74) is 4.82. The highest BCUT2D eigenvalue weighted by atomic mass is 16.2. The number of unbranched alkanes of at least 4 members (excludes halogenated alkanes) is 1. The number of imide groups is 2. The van der Waals surface area contributed by atoms with Crippen molar-refractivity contribution in [3.63, 3.8) is 0 Å². The largest absolute Gasteiger partial charge is 0.375 e. The zero-order valence-corrected chi connectivity index (χ0v) is 31.4. The normalized spacial score (nSPS) is 14.8. The first kappa shape index (κ1) is 38.8. The molecular weight excluding hydrogens is 743 g/mol. The van der Waals surface area contributed by atoms with Crippen LogP contribution < -0.4 is 31.9 Å². The van der Waals surface area contributed by atoms with Gasteiger partial charge in [-0.2, -0.15) is 0 Å². The topological polar surface area (TPSA) is 221 Å². The van der Waals surface area contributed by atoms with Gasteiger partial charge in [0.05, 0.1) is 34.4 Å². The molecule has 0 bridgehead atoms. The van der Waals surface area contributed by atoms with E-state index < -0.39 is 29.7 Å². The lowest BCUT2D eigenvalue weighted by atomic mass is 10.0. The summed E-state index contributed by atoms with van der Waals surface area (Å²) >= 11 is 0. The molecule has 7 rings (SSSR count). The number of carbonyl (C=O) groups is 7. The van der Waals surface area contributed by atoms with Crippen molar-refractivity contribution in [2.24, 2.45) is 0 Å². The molecule has 294 valence electrons. The van der Waals surface area contributed by atoms with E-state index >= 15 is 0 Å². The number of anilines is 3. The number of para-hydroxylation sites is 1. The van der Waals surface area contributed by atoms with E-state index in [9.17, 15) is 33.6 Å². The second-order valence-electron chi connectivity index (χ2n) is 13.6. The van der Waals surface area contributed by atoms with Crippen LogP contribution in [0.1, 0.15) is 67.2 Å². The monoisotopic (exact) mass is 781 g/mol. The minimum atomic E-state index is -1.09. The van der Waals surface area contributed by atoms with Gasteiger partial charge in [-0.1, -0.05) is 36.4 Å². The van der Waals surface area contributed by atoms with Crippen molar-refractivity contribution in [2.45, 2.75) is 31.7 Å². The summed E-state index contributed by atoms with van der Waals surface area (Å²) in [7, 11) is 1.57. The Morgan fingerprint density at radius 1 is 0.810 bits per heavy atom. The zero-order valence-electron chi connectivity index (χ0n) is 31.4. The number of carbonyl (C=O) groups excluding carboxylic acids is 7. The van der Waals surface area contributed by atoms with Crippen LogP contribution in [0.2, 0.25) is 0 Å². The molecule has 3 aromatic carbocycles. The molecule has 1 saturated heterocycles. The smallest absolute Gasteiger partial charge is 0.269 e. The van der Waals surface area contributed by atoms with Gasteiger partial charge < -0.3 is 26.6 Å². The number of nitrogens with one attached hydrogen (secondary N) is 6. The van der Waals surface area contributed by atoms with Crippen LogP contribution in [-0.2, 0) is 14.4 Å². The van der Waals surface area contributed by atoms with Gasteiger partial charge in [0.1, 0.15) is 11.7 Å². The highest BCUT2D eigenvalue weighted by Gasteiger charge is 2.45. The Labute approximate surface area is 332 Å². The quantitative estimate of drug-likeness (QED) is 0.0707. The molecule has 16 heteroatoms. The van der Waals surface area contributed by atoms with Gasteiger partial charge in [-0.25, -0.2) is 0 Å². The Kier molecular flexibility index (Phi) is 11.4. The molecule has 1 atom stereocenters. The Bertz CT molecular complexity index is 2460. The summed E-state index contributed by atoms with van der Waals surface area (Å²) in [6, 6.07) is 22.2. The van der Waals surface area contributed by atoms with Crippen molar-refractivity contribution >= 4 is 69.3 Å². The number of fused-ring (bicyclic) bond motifs is 2. The summed E-state index contributed by atoms with van der Waals surface area (Å²) in [5, 5.41) is 17.5. The van der Waals surface area contributed by atoms with Gasteiger partial charge in [-0.3, -0.25) is 53.7 Å². The first-order chi connectivity index (χ1) is 28.1. The second-order valence-corrected chi connectivity index (χ2v) is 13.6. The van der Waals surface area contributed by atoms with Crippen LogP contribution in [-0.4, -0.2) is 88.9 Å². The van der Waals surface area contributed by atoms with E-state index in [1.54, 1.807) is 43.7 Å². The lowest BCUT2D eigenvalue weighted by molar-refractivity contribution is -0.136. The molecule has 2 aliphatic heterocycles. The third kappa shape index (κ3) is 8.21. The molecule has 0 saturated carbocycles. The third-order valence-electron chi connectivity index (χ3n) is 9.83. The highest BCUT2D eigenvalue weighted by molar-refractivity contribution is 6.25. The van der Waals surface area contributed by atoms with Crippen molar-refractivity contribution in [2.75, 3.05) is 37.3 Å². The van der Waals surface area contributed by atoms with E-state index in [1.165, 1.54) is 6.07 Å². The predicted molar refractivity (Wildman–Crippen MR) is 214 cm³/mol. The Hall–Kier alpha value is -7.49. The van der Waals surface area contributed by atoms with E-state index in [-0.39, 0.29) is 59.6 Å². The van der Waals surface area contributed by atoms with E-state index in [0.29, 0.717) is 42.7 Å². The fourth-order valence-corrected chi connectivity index (χ4v) is 6.85. The van der Waals surface area contributed by atoms with Gasteiger partial charge in [0.2, 0.25) is 17.7 Å². The molecule has 2 aliphatic rings. The first-order valence-electron chi connectivity index (χ1n) is 18.7. The van der Waals surface area contributed by atoms with E-state index in [4.69, 9.17) is 0 Å². The van der Waals surface area contributed by atoms with Crippen LogP contribution in [0.15, 0.2) is 91.3 Å². The number of aromatic nitrogens is 2. The number of benzene rings is 3. The molecule has 2 aromatic heterocycles. The van der Waals surface area contributed by atoms with Crippen LogP contribution >= 0.6 is 0 Å². The first-order valence-corrected chi connectivity index (χ1v) is 18.7. The van der Waals surface area contributed by atoms with Gasteiger partial charge in [0.15, 0.2) is 0 Å². The lowest BCUT2D eigenvalue weighted by Crippen LogP contribution is -2.54. The maximum Gasteiger partial charge on any atom is 0.269 e. The minimum Gasteiger partial charge on any atom is -0.375 e. The summed E-state index contributed by atoms with van der Waals surface area (Å²) < 4.78 is 0. The van der Waals surface area contributed by atoms with Crippen LogP contribution in [0.4, 0.5) is 17.1 Å². The van der Waals surface area contributed by atoms with Crippen LogP contribution in [0.25, 0.3) is 22.0 Å². The molecule has 5 aromatic rings. The lowest BCUT2D eigenvalue weighted by Gasteiger charge is -2.27. The maximum atomic E-state index is 13.3. The van der Waals surface area contributed by atoms with Crippen LogP contribution in [0.3, 0.4) is 0 Å². The number of pyridine rings is 2. The van der Waals surface area contributed by atoms with Gasteiger partial charge in [-0.05, 0) is 67.3 Å². The Balaban J connectivity index is 0.879. The molecule has 7 amide bonds. The SMILES string of the molecule is CNC(=O)c1cnc2ccc(-c3ccc(C(=O)NCCCCNC(=O)CNc4cccc5c4C(=O)N(C4CCC(=O)NC4=O)C5=O)nc3)cc2c1Nc1ccccc1. The van der Waals surface area contributed by atoms with Crippen molar-refractivity contribution < 1.29 is 33.6 Å². The molecular formula is C42H39N9O7. The number of piperidine rings is 1. The van der Waals surface area contributed by atoms with Crippen molar-refractivity contribution in [1.82, 2.24) is 36.1 Å². The summed E-state index contributed by atoms with van der Waals surface area (Å²) in [6.07, 6.45) is 4.38. The van der Waals surface area contributed by atoms with Crippen molar-refractivity contribution in [3.8, 4) is 11.1 Å². The molecule has 0 radical (unpaired) electrons. The van der Waals surface area contributed by atoms with E-state index in [2.05, 4.69) is 41.9 Å². The summed E-state index contributed by atoms with van der Waals surface area (Å²) in [4.78, 5) is 98.2. The molecule has 6 N–H and O–H groups in total. The van der Waals surface area contributed by atoms with Gasteiger partial charge >= 0.3 is 0 Å². The molecule has 4 heterocycles. The van der Waals surface area contributed by atoms with E-state index in [0.717, 1.165) is 27.1 Å². The van der Waals surface area contributed by atoms with Crippen LogP contribution in [0.5, 0.6) is 0 Å². The van der Waals surface area contributed by atoms with Crippen molar-refractivity contribution in [3.05, 3.63) is 114 Å². The molecule has 1 unspecified atom stereocenters. The fourth-order valence-electron chi connectivity index (χ4n) is 6.85. The number of nitrogens with zero attached hydrogens (tertiary/aromatic N) is 3. The number of rotatable bonds is 14. The van der Waals surface area contributed by atoms with Gasteiger partial charge in [0.25, 0.3) is 23.6 Å². The van der Waals surface area contributed by atoms with Crippen molar-refractivity contribution in [1.29, 1.82) is 0 Å². The molecule has 16 nitrogen and oxygen atoms in total. The zero-order chi connectivity index (χ0) is 40.8. The average molecular weight is 782 g/mol. The highest BCUT2D eigenvalue weighted by Crippen LogP contribution is 2.34. The van der Waals surface area contributed by atoms with Crippen LogP contribution in [0, 0.1) is 0 Å². The second kappa shape index (κ2) is 17.1. The molecule has 0 spiro atoms. The average Bonchev–Trinajstić information content (AvgIpc) is 3.50. The number of amides is 7. The Morgan fingerprint density at radius 3 is 2.33 bits per heavy atom. The predicted octanol–water partition coefficient (Wildman–Crippen LogP) is 3.54. The maximum absolute atomic E-state index is 13.3. The van der Waals surface area contributed by atoms with E-state index in [1.807, 2.05) is 48.5 Å². The third-order valence-corrected chi connectivity index (χ3v) is 9.83. The standard InChI is InChI=1S/C42H39N9O7/c1-43-38(54)29-22-47-30-14-12-24(20-28(30)37(29)49-26-8-3-2-4-9-26)25-13-15-32(46-21-25)39(55)45-19-6-5-18-44-35(53)23-48-31-11-7-10-27-36(31)42(58)51(41(27)57)33-16-17-34(52)50-40(33)56/h2-4,7-15,20-22,33,48H,5-6,16-19,23H2,1H3,(H,43,54)(H,44,53)(H,45,55)(H,47,49)(H,50,52,56). The number of hydrogen-bond acceptors (Lipinski definition) is 11. The molecule has 0 aliphatic carbocycles. The van der Waals surface area contributed by atoms with Gasteiger partial charge in [-0.15, -0.1) is 0 Å². The molecule has 58 heavy (non-hydrogen) atoms. The molecule has 1 fully saturated rings. The summed E-state index contributed by atoms with van der Waals surface area (Å²) in [6.45, 7) is 0.522. The number of hydrogen-bond donors (Lipinski definition) is 6. The van der Waals surface area contributed by atoms with Gasteiger partial charge in [0, 0.05) is 61.3 Å². The summed E-state index contributed by atoms with van der Waals surface area (Å²) in [5.74, 6) is -3.42. The Morgan fingerprint density at radius 2 is 1.59 bits per heavy atom. The fraction of sp³-hybridized carbons (Fsp3) is 0.214.